The van der Waals surface area contributed by atoms with Gasteiger partial charge in [0.1, 0.15) is 0 Å². The van der Waals surface area contributed by atoms with Gasteiger partial charge in [-0.25, -0.2) is 13.6 Å². The van der Waals surface area contributed by atoms with Gasteiger partial charge in [-0.05, 0) is 42.7 Å². The minimum atomic E-state index is -3.83. The molecular formula is C18H15N3O3S3. The van der Waals surface area contributed by atoms with Gasteiger partial charge in [-0.3, -0.25) is 4.79 Å². The zero-order chi connectivity index (χ0) is 19.6. The van der Waals surface area contributed by atoms with Gasteiger partial charge in [-0.1, -0.05) is 23.3 Å². The summed E-state index contributed by atoms with van der Waals surface area (Å²) in [5, 5.41) is 5.19. The second-order valence-corrected chi connectivity index (χ2v) is 8.95. The maximum Gasteiger partial charge on any atom is 0.279 e. The van der Waals surface area contributed by atoms with Crippen LogP contribution in [0, 0.1) is 12.3 Å². The summed E-state index contributed by atoms with van der Waals surface area (Å²) in [5.41, 5.74) is 1.16. The van der Waals surface area contributed by atoms with Gasteiger partial charge in [0.25, 0.3) is 5.91 Å². The van der Waals surface area contributed by atoms with Crippen molar-refractivity contribution in [3.05, 3.63) is 52.8 Å². The maximum absolute atomic E-state index is 12.6. The molecule has 9 heteroatoms. The highest BCUT2D eigenvalue weighted by atomic mass is 32.2. The van der Waals surface area contributed by atoms with Crippen molar-refractivity contribution in [1.82, 2.24) is 4.57 Å². The lowest BCUT2D eigenvalue weighted by Crippen LogP contribution is -2.16. The Bertz CT molecular complexity index is 1250. The van der Waals surface area contributed by atoms with Crippen LogP contribution in [-0.2, 0) is 16.6 Å². The third kappa shape index (κ3) is 4.14. The summed E-state index contributed by atoms with van der Waals surface area (Å²) in [7, 11) is -3.83. The number of benzene rings is 2. The van der Waals surface area contributed by atoms with Crippen LogP contribution in [0.4, 0.5) is 0 Å². The molecule has 1 amide bonds. The van der Waals surface area contributed by atoms with Crippen LogP contribution in [0.5, 0.6) is 0 Å². The van der Waals surface area contributed by atoms with E-state index in [9.17, 15) is 13.2 Å². The molecule has 27 heavy (non-hydrogen) atoms. The van der Waals surface area contributed by atoms with Crippen molar-refractivity contribution >= 4 is 49.2 Å². The van der Waals surface area contributed by atoms with Crippen molar-refractivity contribution < 1.29 is 13.2 Å². The van der Waals surface area contributed by atoms with Crippen LogP contribution < -0.4 is 9.94 Å². The Balaban J connectivity index is 2.17. The second-order valence-electron chi connectivity index (χ2n) is 5.50. The van der Waals surface area contributed by atoms with Crippen molar-refractivity contribution in [2.45, 2.75) is 16.3 Å². The van der Waals surface area contributed by atoms with E-state index in [0.29, 0.717) is 20.6 Å². The van der Waals surface area contributed by atoms with Gasteiger partial charge in [0.05, 0.1) is 21.7 Å². The molecule has 1 aromatic heterocycles. The lowest BCUT2D eigenvalue weighted by Gasteiger charge is -2.02. The van der Waals surface area contributed by atoms with Gasteiger partial charge in [0.15, 0.2) is 4.80 Å². The van der Waals surface area contributed by atoms with E-state index in [1.54, 1.807) is 28.8 Å². The first-order chi connectivity index (χ1) is 12.8. The van der Waals surface area contributed by atoms with Crippen LogP contribution in [0.1, 0.15) is 10.4 Å². The molecule has 3 aromatic rings. The zero-order valence-electron chi connectivity index (χ0n) is 14.2. The molecule has 0 radical (unpaired) electrons. The monoisotopic (exact) mass is 417 g/mol. The van der Waals surface area contributed by atoms with Crippen LogP contribution in [0.25, 0.3) is 10.2 Å². The molecule has 0 unspecified atom stereocenters. The summed E-state index contributed by atoms with van der Waals surface area (Å²) in [6.07, 6.45) is 7.37. The minimum Gasteiger partial charge on any atom is -0.305 e. The van der Waals surface area contributed by atoms with Gasteiger partial charge in [0, 0.05) is 10.5 Å². The maximum atomic E-state index is 12.6. The van der Waals surface area contributed by atoms with Crippen LogP contribution in [0.3, 0.4) is 0 Å². The molecule has 2 aromatic carbocycles. The summed E-state index contributed by atoms with van der Waals surface area (Å²) in [6.45, 7) is 0.200. The Morgan fingerprint density at radius 2 is 2.11 bits per heavy atom. The van der Waals surface area contributed by atoms with Crippen molar-refractivity contribution in [1.29, 1.82) is 0 Å². The summed E-state index contributed by atoms with van der Waals surface area (Å²) in [5.74, 6) is 2.14. The third-order valence-corrected chi connectivity index (χ3v) is 6.42. The Kier molecular flexibility index (Phi) is 5.53. The van der Waals surface area contributed by atoms with Crippen molar-refractivity contribution in [3.63, 3.8) is 0 Å². The van der Waals surface area contributed by atoms with Crippen molar-refractivity contribution in [2.75, 3.05) is 6.26 Å². The molecule has 0 aliphatic rings. The van der Waals surface area contributed by atoms with Crippen LogP contribution >= 0.6 is 23.1 Å². The number of aromatic nitrogens is 1. The first-order valence-corrected chi connectivity index (χ1v) is 11.2. The fourth-order valence-electron chi connectivity index (χ4n) is 2.47. The van der Waals surface area contributed by atoms with Crippen LogP contribution in [0.2, 0.25) is 0 Å². The number of amides is 1. The number of carbonyl (C=O) groups excluding carboxylic acids is 1. The smallest absolute Gasteiger partial charge is 0.279 e. The van der Waals surface area contributed by atoms with Gasteiger partial charge < -0.3 is 4.57 Å². The van der Waals surface area contributed by atoms with Crippen LogP contribution in [0.15, 0.2) is 57.2 Å². The number of sulfonamides is 1. The van der Waals surface area contributed by atoms with E-state index in [4.69, 9.17) is 11.6 Å². The Morgan fingerprint density at radius 1 is 1.33 bits per heavy atom. The number of fused-ring (bicyclic) bond motifs is 1. The highest BCUT2D eigenvalue weighted by Gasteiger charge is 2.13. The van der Waals surface area contributed by atoms with Gasteiger partial charge >= 0.3 is 0 Å². The van der Waals surface area contributed by atoms with E-state index in [1.165, 1.54) is 35.2 Å². The van der Waals surface area contributed by atoms with Gasteiger partial charge in [-0.15, -0.1) is 18.2 Å². The van der Waals surface area contributed by atoms with E-state index >= 15 is 0 Å². The number of primary sulfonamides is 1. The number of carbonyl (C=O) groups is 1. The first-order valence-electron chi connectivity index (χ1n) is 7.66. The molecule has 138 valence electrons. The highest BCUT2D eigenvalue weighted by molar-refractivity contribution is 7.98. The third-order valence-electron chi connectivity index (χ3n) is 3.75. The Hall–Kier alpha value is -2.38. The molecular weight excluding hydrogens is 402 g/mol. The average Bonchev–Trinajstić information content (AvgIpc) is 2.98. The van der Waals surface area contributed by atoms with E-state index in [0.717, 1.165) is 4.90 Å². The number of thioether (sulfide) groups is 1. The summed E-state index contributed by atoms with van der Waals surface area (Å²) in [6, 6.07) is 11.7. The lowest BCUT2D eigenvalue weighted by atomic mass is 10.2. The van der Waals surface area contributed by atoms with E-state index in [2.05, 4.69) is 10.9 Å². The molecule has 0 saturated carbocycles. The predicted molar refractivity (Wildman–Crippen MR) is 108 cm³/mol. The molecule has 0 atom stereocenters. The van der Waals surface area contributed by atoms with Crippen molar-refractivity contribution in [3.8, 4) is 12.3 Å². The average molecular weight is 418 g/mol. The molecule has 0 aliphatic carbocycles. The van der Waals surface area contributed by atoms with E-state index in [-0.39, 0.29) is 11.4 Å². The van der Waals surface area contributed by atoms with E-state index < -0.39 is 15.9 Å². The number of hydrogen-bond acceptors (Lipinski definition) is 5. The fourth-order valence-corrected chi connectivity index (χ4v) is 4.61. The topological polar surface area (TPSA) is 94.5 Å². The molecule has 0 aliphatic heterocycles. The normalized spacial score (nSPS) is 12.3. The molecule has 6 nitrogen and oxygen atoms in total. The second kappa shape index (κ2) is 7.70. The molecule has 2 N–H and O–H groups in total. The van der Waals surface area contributed by atoms with Gasteiger partial charge in [0.2, 0.25) is 10.0 Å². The Labute approximate surface area is 164 Å². The fraction of sp³-hybridized carbons (Fsp3) is 0.111. The quantitative estimate of drug-likeness (QED) is 0.521. The number of rotatable bonds is 4. The molecule has 1 heterocycles. The summed E-state index contributed by atoms with van der Waals surface area (Å²) >= 11 is 2.72. The number of thiazole rings is 1. The highest BCUT2D eigenvalue weighted by Crippen LogP contribution is 2.21. The molecule has 0 spiro atoms. The summed E-state index contributed by atoms with van der Waals surface area (Å²) in [4.78, 5) is 18.2. The zero-order valence-corrected chi connectivity index (χ0v) is 16.7. The van der Waals surface area contributed by atoms with Gasteiger partial charge in [-0.2, -0.15) is 4.99 Å². The number of nitrogens with two attached hydrogens (primary N) is 1. The predicted octanol–water partition coefficient (Wildman–Crippen LogP) is 2.45. The number of nitrogens with zero attached hydrogens (tertiary/aromatic N) is 2. The minimum absolute atomic E-state index is 0.00495. The number of hydrogen-bond donors (Lipinski definition) is 1. The number of terminal acetylenes is 1. The molecule has 0 fully saturated rings. The molecule has 0 bridgehead atoms. The molecule has 0 saturated heterocycles. The van der Waals surface area contributed by atoms with Crippen molar-refractivity contribution in [2.24, 2.45) is 10.1 Å². The first kappa shape index (κ1) is 19.4. The lowest BCUT2D eigenvalue weighted by molar-refractivity contribution is 0.0997. The van der Waals surface area contributed by atoms with E-state index in [1.807, 2.05) is 12.3 Å². The summed E-state index contributed by atoms with van der Waals surface area (Å²) < 4.78 is 25.5. The standard InChI is InChI=1S/C18H15N3O3S3/c1-3-9-21-15-8-7-14(27(19,23)24)11-16(15)26-18(21)20-17(22)12-5-4-6-13(10-12)25-2/h1,4-8,10-11H,9H2,2H3,(H2,19,23,24). The Morgan fingerprint density at radius 3 is 2.78 bits per heavy atom. The molecule has 3 rings (SSSR count). The SMILES string of the molecule is C#CCn1c(=NC(=O)c2cccc(SC)c2)sc2cc(S(N)(=O)=O)ccc21. The largest absolute Gasteiger partial charge is 0.305 e. The van der Waals surface area contributed by atoms with Crippen LogP contribution in [-0.4, -0.2) is 25.1 Å².